The van der Waals surface area contributed by atoms with Crippen molar-refractivity contribution in [1.29, 1.82) is 0 Å². The second-order valence-electron chi connectivity index (χ2n) is 9.35. The molecule has 0 radical (unpaired) electrons. The minimum atomic E-state index is -0.200. The maximum Gasteiger partial charge on any atom is 0.321 e. The zero-order valence-electron chi connectivity index (χ0n) is 20.6. The SMILES string of the molecule is CC(C)n1ncc2c(C(=O)NCc3cccc(NC(=O)N4CCCC4)c3)cc(-c3ccccc3)nc21. The van der Waals surface area contributed by atoms with Gasteiger partial charge in [0.1, 0.15) is 0 Å². The highest BCUT2D eigenvalue weighted by Gasteiger charge is 2.19. The molecule has 8 heteroatoms. The molecule has 0 aliphatic carbocycles. The minimum absolute atomic E-state index is 0.0801. The fourth-order valence-corrected chi connectivity index (χ4v) is 4.50. The predicted molar refractivity (Wildman–Crippen MR) is 141 cm³/mol. The number of benzene rings is 2. The van der Waals surface area contributed by atoms with Gasteiger partial charge in [0.25, 0.3) is 5.91 Å². The fraction of sp³-hybridized carbons (Fsp3) is 0.286. The van der Waals surface area contributed by atoms with Crippen LogP contribution in [-0.4, -0.2) is 44.7 Å². The van der Waals surface area contributed by atoms with E-state index in [1.54, 1.807) is 6.20 Å². The van der Waals surface area contributed by atoms with Gasteiger partial charge in [0.05, 0.1) is 22.8 Å². The maximum atomic E-state index is 13.4. The van der Waals surface area contributed by atoms with E-state index in [4.69, 9.17) is 4.98 Å². The molecule has 184 valence electrons. The molecule has 3 heterocycles. The standard InChI is InChI=1S/C28H30N6O2/c1-19(2)34-26-24(18-30-34)23(16-25(32-26)21-10-4-3-5-11-21)27(35)29-17-20-9-8-12-22(15-20)31-28(36)33-13-6-7-14-33/h3-5,8-12,15-16,18-19H,6-7,13-14,17H2,1-2H3,(H,29,35)(H,31,36). The largest absolute Gasteiger partial charge is 0.348 e. The maximum absolute atomic E-state index is 13.4. The Hall–Kier alpha value is -4.20. The van der Waals surface area contributed by atoms with Crippen LogP contribution in [0, 0.1) is 0 Å². The van der Waals surface area contributed by atoms with E-state index in [1.807, 2.05) is 84.1 Å². The third kappa shape index (κ3) is 4.93. The van der Waals surface area contributed by atoms with Gasteiger partial charge in [-0.05, 0) is 50.5 Å². The van der Waals surface area contributed by atoms with Crippen molar-refractivity contribution in [3.8, 4) is 11.3 Å². The molecule has 1 aliphatic rings. The van der Waals surface area contributed by atoms with Gasteiger partial charge in [-0.2, -0.15) is 5.10 Å². The molecule has 0 spiro atoms. The van der Waals surface area contributed by atoms with Crippen LogP contribution in [0.4, 0.5) is 10.5 Å². The molecular weight excluding hydrogens is 452 g/mol. The monoisotopic (exact) mass is 482 g/mol. The van der Waals surface area contributed by atoms with Crippen LogP contribution in [0.25, 0.3) is 22.3 Å². The number of hydrogen-bond acceptors (Lipinski definition) is 4. The van der Waals surface area contributed by atoms with Crippen LogP contribution >= 0.6 is 0 Å². The van der Waals surface area contributed by atoms with E-state index >= 15 is 0 Å². The van der Waals surface area contributed by atoms with E-state index in [0.717, 1.165) is 48.4 Å². The molecule has 0 saturated carbocycles. The number of nitrogens with zero attached hydrogens (tertiary/aromatic N) is 4. The van der Waals surface area contributed by atoms with Gasteiger partial charge in [0.2, 0.25) is 0 Å². The molecule has 1 aliphatic heterocycles. The first kappa shape index (κ1) is 23.5. The van der Waals surface area contributed by atoms with Gasteiger partial charge in [-0.25, -0.2) is 14.5 Å². The summed E-state index contributed by atoms with van der Waals surface area (Å²) in [5.74, 6) is -0.200. The lowest BCUT2D eigenvalue weighted by atomic mass is 10.1. The molecule has 2 aromatic carbocycles. The molecule has 1 saturated heterocycles. The Balaban J connectivity index is 1.37. The summed E-state index contributed by atoms with van der Waals surface area (Å²) in [5.41, 5.74) is 4.49. The highest BCUT2D eigenvalue weighted by Crippen LogP contribution is 2.26. The minimum Gasteiger partial charge on any atom is -0.348 e. The van der Waals surface area contributed by atoms with Gasteiger partial charge in [-0.1, -0.05) is 42.5 Å². The number of amides is 3. The number of rotatable bonds is 6. The molecule has 5 rings (SSSR count). The molecule has 0 bridgehead atoms. The van der Waals surface area contributed by atoms with E-state index in [0.29, 0.717) is 23.1 Å². The van der Waals surface area contributed by atoms with Crippen LogP contribution in [0.3, 0.4) is 0 Å². The van der Waals surface area contributed by atoms with Crippen LogP contribution in [-0.2, 0) is 6.54 Å². The number of fused-ring (bicyclic) bond motifs is 1. The summed E-state index contributed by atoms with van der Waals surface area (Å²) in [4.78, 5) is 32.5. The van der Waals surface area contributed by atoms with Crippen LogP contribution in [0.1, 0.15) is 48.7 Å². The topological polar surface area (TPSA) is 92.2 Å². The lowest BCUT2D eigenvalue weighted by Crippen LogP contribution is -2.32. The van der Waals surface area contributed by atoms with Crippen molar-refractivity contribution in [2.45, 2.75) is 39.3 Å². The Morgan fingerprint density at radius 2 is 1.78 bits per heavy atom. The Morgan fingerprint density at radius 1 is 1.00 bits per heavy atom. The highest BCUT2D eigenvalue weighted by molar-refractivity contribution is 6.06. The first-order chi connectivity index (χ1) is 17.5. The Bertz CT molecular complexity index is 1390. The van der Waals surface area contributed by atoms with Crippen molar-refractivity contribution >= 4 is 28.7 Å². The van der Waals surface area contributed by atoms with E-state index in [9.17, 15) is 9.59 Å². The first-order valence-electron chi connectivity index (χ1n) is 12.4. The van der Waals surface area contributed by atoms with Crippen molar-refractivity contribution in [2.75, 3.05) is 18.4 Å². The molecule has 4 aromatic rings. The average molecular weight is 483 g/mol. The Kier molecular flexibility index (Phi) is 6.66. The molecule has 3 amide bonds. The van der Waals surface area contributed by atoms with Crippen molar-refractivity contribution in [3.05, 3.63) is 78.0 Å². The summed E-state index contributed by atoms with van der Waals surface area (Å²) in [5, 5.41) is 11.2. The highest BCUT2D eigenvalue weighted by atomic mass is 16.2. The lowest BCUT2D eigenvalue weighted by Gasteiger charge is -2.16. The van der Waals surface area contributed by atoms with Crippen LogP contribution in [0.2, 0.25) is 0 Å². The molecule has 0 unspecified atom stereocenters. The van der Waals surface area contributed by atoms with Crippen LogP contribution in [0.5, 0.6) is 0 Å². The molecule has 1 fully saturated rings. The number of likely N-dealkylation sites (tertiary alicyclic amines) is 1. The summed E-state index contributed by atoms with van der Waals surface area (Å²) >= 11 is 0. The molecular formula is C28H30N6O2. The van der Waals surface area contributed by atoms with Gasteiger partial charge in [-0.15, -0.1) is 0 Å². The first-order valence-corrected chi connectivity index (χ1v) is 12.4. The van der Waals surface area contributed by atoms with Crippen molar-refractivity contribution in [1.82, 2.24) is 25.0 Å². The number of urea groups is 1. The third-order valence-corrected chi connectivity index (χ3v) is 6.39. The smallest absolute Gasteiger partial charge is 0.321 e. The second kappa shape index (κ2) is 10.2. The van der Waals surface area contributed by atoms with Gasteiger partial charge < -0.3 is 15.5 Å². The average Bonchev–Trinajstić information content (AvgIpc) is 3.58. The summed E-state index contributed by atoms with van der Waals surface area (Å²) in [6, 6.07) is 19.2. The zero-order valence-corrected chi connectivity index (χ0v) is 20.6. The van der Waals surface area contributed by atoms with Crippen molar-refractivity contribution < 1.29 is 9.59 Å². The molecule has 2 N–H and O–H groups in total. The van der Waals surface area contributed by atoms with E-state index in [-0.39, 0.29) is 18.0 Å². The quantitative estimate of drug-likeness (QED) is 0.393. The zero-order chi connectivity index (χ0) is 25.1. The molecule has 36 heavy (non-hydrogen) atoms. The van der Waals surface area contributed by atoms with Crippen LogP contribution < -0.4 is 10.6 Å². The number of carbonyl (C=O) groups excluding carboxylic acids is 2. The van der Waals surface area contributed by atoms with Gasteiger partial charge in [-0.3, -0.25) is 4.79 Å². The third-order valence-electron chi connectivity index (χ3n) is 6.39. The number of anilines is 1. The number of pyridine rings is 1. The van der Waals surface area contributed by atoms with Crippen molar-refractivity contribution in [2.24, 2.45) is 0 Å². The Labute approximate surface area is 210 Å². The van der Waals surface area contributed by atoms with E-state index in [1.165, 1.54) is 0 Å². The Morgan fingerprint density at radius 3 is 2.53 bits per heavy atom. The summed E-state index contributed by atoms with van der Waals surface area (Å²) < 4.78 is 1.84. The van der Waals surface area contributed by atoms with Gasteiger partial charge in [0.15, 0.2) is 5.65 Å². The number of hydrogen-bond donors (Lipinski definition) is 2. The molecule has 2 aromatic heterocycles. The lowest BCUT2D eigenvalue weighted by molar-refractivity contribution is 0.0952. The molecule has 8 nitrogen and oxygen atoms in total. The van der Waals surface area contributed by atoms with E-state index in [2.05, 4.69) is 15.7 Å². The number of aromatic nitrogens is 3. The number of carbonyl (C=O) groups is 2. The summed E-state index contributed by atoms with van der Waals surface area (Å²) in [7, 11) is 0. The normalized spacial score (nSPS) is 13.4. The number of nitrogens with one attached hydrogen (secondary N) is 2. The van der Waals surface area contributed by atoms with Gasteiger partial charge in [0, 0.05) is 36.9 Å². The summed E-state index contributed by atoms with van der Waals surface area (Å²) in [6.45, 7) is 5.99. The predicted octanol–water partition coefficient (Wildman–Crippen LogP) is 5.24. The van der Waals surface area contributed by atoms with Crippen LogP contribution in [0.15, 0.2) is 66.9 Å². The fourth-order valence-electron chi connectivity index (χ4n) is 4.50. The van der Waals surface area contributed by atoms with Crippen molar-refractivity contribution in [3.63, 3.8) is 0 Å². The summed E-state index contributed by atoms with van der Waals surface area (Å²) in [6.07, 6.45) is 3.80. The second-order valence-corrected chi connectivity index (χ2v) is 9.35. The molecule has 0 atom stereocenters. The van der Waals surface area contributed by atoms with E-state index < -0.39 is 0 Å². The van der Waals surface area contributed by atoms with Gasteiger partial charge >= 0.3 is 6.03 Å².